The molecule has 0 spiro atoms. The van der Waals surface area contributed by atoms with Crippen LogP contribution in [0.2, 0.25) is 0 Å². The number of ether oxygens (including phenoxy) is 2. The molecule has 1 amide bonds. The fourth-order valence-corrected chi connectivity index (χ4v) is 5.28. The van der Waals surface area contributed by atoms with Crippen molar-refractivity contribution in [2.75, 3.05) is 19.4 Å². The van der Waals surface area contributed by atoms with Crippen molar-refractivity contribution < 1.29 is 34.1 Å². The van der Waals surface area contributed by atoms with Gasteiger partial charge in [-0.25, -0.2) is 4.79 Å². The molecule has 3 atom stereocenters. The number of aliphatic hydroxyl groups is 2. The number of amides is 1. The van der Waals surface area contributed by atoms with E-state index in [1.54, 1.807) is 4.90 Å². The zero-order valence-corrected chi connectivity index (χ0v) is 23.0. The van der Waals surface area contributed by atoms with Crippen LogP contribution >= 0.6 is 11.8 Å². The Morgan fingerprint density at radius 1 is 1.14 bits per heavy atom. The topological polar surface area (TPSA) is 113 Å². The summed E-state index contributed by atoms with van der Waals surface area (Å²) in [6.45, 7) is 15.0. The van der Waals surface area contributed by atoms with Crippen molar-refractivity contribution in [2.45, 2.75) is 89.7 Å². The predicted molar refractivity (Wildman–Crippen MR) is 135 cm³/mol. The molecule has 1 aliphatic heterocycles. The second-order valence-electron chi connectivity index (χ2n) is 11.1. The lowest BCUT2D eigenvalue weighted by Gasteiger charge is -2.34. The van der Waals surface area contributed by atoms with E-state index in [0.29, 0.717) is 5.75 Å². The maximum absolute atomic E-state index is 12.8. The molecule has 1 aromatic rings. The zero-order valence-electron chi connectivity index (χ0n) is 22.2. The van der Waals surface area contributed by atoms with Crippen LogP contribution in [0.25, 0.3) is 0 Å². The Hall–Kier alpha value is -2.10. The number of methoxy groups -OCH3 is 1. The fourth-order valence-electron chi connectivity index (χ4n) is 4.08. The monoisotopic (exact) mass is 509 g/mol. The molecule has 0 aliphatic carbocycles. The highest BCUT2D eigenvalue weighted by Gasteiger charge is 2.44. The lowest BCUT2D eigenvalue weighted by molar-refractivity contribution is -0.176. The van der Waals surface area contributed by atoms with Gasteiger partial charge in [0.1, 0.15) is 11.1 Å². The Kier molecular flexibility index (Phi) is 8.73. The normalized spacial score (nSPS) is 19.3. The Morgan fingerprint density at radius 2 is 1.66 bits per heavy atom. The summed E-state index contributed by atoms with van der Waals surface area (Å²) in [4.78, 5) is 38.6. The predicted octanol–water partition coefficient (Wildman–Crippen LogP) is 3.46. The van der Waals surface area contributed by atoms with Crippen LogP contribution < -0.4 is 4.74 Å². The van der Waals surface area contributed by atoms with Gasteiger partial charge in [-0.15, -0.1) is 11.8 Å². The maximum Gasteiger partial charge on any atom is 0.340 e. The van der Waals surface area contributed by atoms with Crippen molar-refractivity contribution in [3.05, 3.63) is 28.8 Å². The van der Waals surface area contributed by atoms with Gasteiger partial charge in [-0.2, -0.15) is 0 Å². The van der Waals surface area contributed by atoms with Crippen LogP contribution in [0.3, 0.4) is 0 Å². The molecule has 9 heteroatoms. The minimum atomic E-state index is -2.13. The van der Waals surface area contributed by atoms with E-state index in [1.165, 1.54) is 25.6 Å². The number of hydrogen-bond acceptors (Lipinski definition) is 8. The lowest BCUT2D eigenvalue weighted by Crippen LogP contribution is -2.51. The first-order valence-corrected chi connectivity index (χ1v) is 12.8. The first-order valence-electron chi connectivity index (χ1n) is 11.7. The third-order valence-corrected chi connectivity index (χ3v) is 7.45. The highest BCUT2D eigenvalue weighted by molar-refractivity contribution is 8.00. The van der Waals surface area contributed by atoms with Crippen LogP contribution in [0.15, 0.2) is 12.1 Å². The Labute approximate surface area is 212 Å². The number of aliphatic hydroxyl groups excluding tert-OH is 1. The first kappa shape index (κ1) is 29.1. The van der Waals surface area contributed by atoms with E-state index >= 15 is 0 Å². The molecule has 1 aliphatic rings. The molecule has 1 fully saturated rings. The molecule has 0 bridgehead atoms. The van der Waals surface area contributed by atoms with Crippen LogP contribution in [0, 0.1) is 0 Å². The van der Waals surface area contributed by atoms with Gasteiger partial charge in [-0.05, 0) is 35.4 Å². The third-order valence-electron chi connectivity index (χ3n) is 6.19. The first-order chi connectivity index (χ1) is 15.9. The maximum atomic E-state index is 12.8. The number of hydrogen-bond donors (Lipinski definition) is 2. The standard InChI is InChI=1S/C26H39NO7S/c1-15(28)26(32,23(31)33-9)10-11-27-20(30)14-35-22(27)17-12-18(24(3,4)5)21(34-16(2)29)19(13-17)25(6,7)8/h12-13,15,22,28,32H,10-11,14H2,1-9H3. The van der Waals surface area contributed by atoms with Crippen molar-refractivity contribution >= 4 is 29.6 Å². The summed E-state index contributed by atoms with van der Waals surface area (Å²) in [5, 5.41) is 20.4. The molecule has 196 valence electrons. The van der Waals surface area contributed by atoms with E-state index in [4.69, 9.17) is 4.74 Å². The second kappa shape index (κ2) is 10.5. The van der Waals surface area contributed by atoms with E-state index in [0.717, 1.165) is 23.8 Å². The fraction of sp³-hybridized carbons (Fsp3) is 0.654. The Bertz CT molecular complexity index is 942. The van der Waals surface area contributed by atoms with Crippen molar-refractivity contribution in [2.24, 2.45) is 0 Å². The summed E-state index contributed by atoms with van der Waals surface area (Å²) >= 11 is 1.45. The van der Waals surface area contributed by atoms with Gasteiger partial charge in [0.2, 0.25) is 5.91 Å². The van der Waals surface area contributed by atoms with Crippen LogP contribution in [-0.2, 0) is 30.0 Å². The number of carbonyl (C=O) groups is 3. The summed E-state index contributed by atoms with van der Waals surface area (Å²) < 4.78 is 10.4. The largest absolute Gasteiger partial charge is 0.467 e. The van der Waals surface area contributed by atoms with Gasteiger partial charge in [-0.3, -0.25) is 9.59 Å². The van der Waals surface area contributed by atoms with E-state index < -0.39 is 23.6 Å². The molecule has 1 saturated heterocycles. The van der Waals surface area contributed by atoms with Crippen molar-refractivity contribution in [1.82, 2.24) is 4.90 Å². The molecule has 2 rings (SSSR count). The SMILES string of the molecule is COC(=O)C(O)(CCN1C(=O)CSC1c1cc(C(C)(C)C)c(OC(C)=O)c(C(C)(C)C)c1)C(C)O. The van der Waals surface area contributed by atoms with Crippen LogP contribution in [0.5, 0.6) is 5.75 Å². The van der Waals surface area contributed by atoms with Crippen LogP contribution in [0.1, 0.15) is 83.9 Å². The molecular formula is C26H39NO7S. The quantitative estimate of drug-likeness (QED) is 0.424. The van der Waals surface area contributed by atoms with Crippen molar-refractivity contribution in [1.29, 1.82) is 0 Å². The van der Waals surface area contributed by atoms with Gasteiger partial charge in [0.15, 0.2) is 5.60 Å². The number of nitrogens with zero attached hydrogens (tertiary/aromatic N) is 1. The number of benzene rings is 1. The van der Waals surface area contributed by atoms with Crippen LogP contribution in [-0.4, -0.2) is 64.1 Å². The summed E-state index contributed by atoms with van der Waals surface area (Å²) in [7, 11) is 1.14. The molecule has 1 heterocycles. The molecule has 3 unspecified atom stereocenters. The summed E-state index contributed by atoms with van der Waals surface area (Å²) in [5.74, 6) is -0.690. The number of esters is 2. The number of rotatable bonds is 7. The van der Waals surface area contributed by atoms with Gasteiger partial charge in [0.05, 0.1) is 19.0 Å². The van der Waals surface area contributed by atoms with Gasteiger partial charge in [0.25, 0.3) is 0 Å². The highest BCUT2D eigenvalue weighted by atomic mass is 32.2. The lowest BCUT2D eigenvalue weighted by atomic mass is 9.78. The minimum absolute atomic E-state index is 0.0500. The third kappa shape index (κ3) is 6.37. The second-order valence-corrected chi connectivity index (χ2v) is 12.2. The van der Waals surface area contributed by atoms with Crippen molar-refractivity contribution in [3.63, 3.8) is 0 Å². The molecule has 0 radical (unpaired) electrons. The minimum Gasteiger partial charge on any atom is -0.467 e. The Morgan fingerprint density at radius 3 is 2.06 bits per heavy atom. The van der Waals surface area contributed by atoms with E-state index in [9.17, 15) is 24.6 Å². The smallest absolute Gasteiger partial charge is 0.340 e. The molecule has 1 aromatic carbocycles. The van der Waals surface area contributed by atoms with E-state index in [2.05, 4.69) is 4.74 Å². The van der Waals surface area contributed by atoms with Gasteiger partial charge < -0.3 is 24.6 Å². The summed E-state index contributed by atoms with van der Waals surface area (Å²) in [6, 6.07) is 3.94. The Balaban J connectivity index is 2.58. The molecule has 35 heavy (non-hydrogen) atoms. The number of thioether (sulfide) groups is 1. The van der Waals surface area contributed by atoms with Gasteiger partial charge in [0, 0.05) is 31.0 Å². The van der Waals surface area contributed by atoms with E-state index in [-0.39, 0.29) is 40.8 Å². The molecular weight excluding hydrogens is 470 g/mol. The van der Waals surface area contributed by atoms with Crippen molar-refractivity contribution in [3.8, 4) is 5.75 Å². The van der Waals surface area contributed by atoms with Gasteiger partial charge in [-0.1, -0.05) is 41.5 Å². The molecule has 0 saturated carbocycles. The average Bonchev–Trinajstić information content (AvgIpc) is 3.09. The molecule has 8 nitrogen and oxygen atoms in total. The summed E-state index contributed by atoms with van der Waals surface area (Å²) in [6.07, 6.45) is -1.55. The average molecular weight is 510 g/mol. The molecule has 2 N–H and O–H groups in total. The molecule has 0 aromatic heterocycles. The summed E-state index contributed by atoms with van der Waals surface area (Å²) in [5.41, 5.74) is -0.258. The van der Waals surface area contributed by atoms with Crippen LogP contribution in [0.4, 0.5) is 0 Å². The number of carbonyl (C=O) groups excluding carboxylic acids is 3. The zero-order chi connectivity index (χ0) is 26.9. The van der Waals surface area contributed by atoms with E-state index in [1.807, 2.05) is 53.7 Å². The highest BCUT2D eigenvalue weighted by Crippen LogP contribution is 2.46. The van der Waals surface area contributed by atoms with Gasteiger partial charge >= 0.3 is 11.9 Å².